The van der Waals surface area contributed by atoms with Crippen LogP contribution >= 0.6 is 0 Å². The van der Waals surface area contributed by atoms with Crippen molar-refractivity contribution in [1.82, 2.24) is 9.97 Å². The van der Waals surface area contributed by atoms with Crippen molar-refractivity contribution in [2.24, 2.45) is 0 Å². The zero-order chi connectivity index (χ0) is 17.9. The van der Waals surface area contributed by atoms with Gasteiger partial charge in [0.25, 0.3) is 0 Å². The normalized spacial score (nSPS) is 11.3. The molecule has 2 aromatic rings. The van der Waals surface area contributed by atoms with Gasteiger partial charge in [-0.1, -0.05) is 50.1 Å². The maximum Gasteiger partial charge on any atom is 0.336 e. The number of esters is 1. The Hall–Kier alpha value is -2.75. The lowest BCUT2D eigenvalue weighted by Crippen LogP contribution is -2.03. The molecule has 1 heterocycles. The van der Waals surface area contributed by atoms with Crippen LogP contribution in [0, 0.1) is 0 Å². The van der Waals surface area contributed by atoms with E-state index in [1.165, 1.54) is 18.9 Å². The van der Waals surface area contributed by atoms with E-state index in [9.17, 15) is 4.79 Å². The molecule has 0 aliphatic heterocycles. The molecule has 0 bridgehead atoms. The minimum absolute atomic E-state index is 0.398. The van der Waals surface area contributed by atoms with E-state index >= 15 is 0 Å². The van der Waals surface area contributed by atoms with Crippen molar-refractivity contribution >= 4 is 5.97 Å². The van der Waals surface area contributed by atoms with Gasteiger partial charge in [0.2, 0.25) is 0 Å². The number of unbranched alkanes of at least 4 members (excludes halogenated alkanes) is 2. The van der Waals surface area contributed by atoms with Crippen LogP contribution in [0.25, 0.3) is 11.1 Å². The molecule has 0 saturated heterocycles. The van der Waals surface area contributed by atoms with E-state index in [1.54, 1.807) is 24.3 Å². The van der Waals surface area contributed by atoms with E-state index < -0.39 is 5.97 Å². The summed E-state index contributed by atoms with van der Waals surface area (Å²) in [7, 11) is 0. The van der Waals surface area contributed by atoms with Crippen LogP contribution in [-0.2, 0) is 11.2 Å². The summed E-state index contributed by atoms with van der Waals surface area (Å²) >= 11 is 0. The number of aromatic nitrogens is 2. The molecule has 0 atom stereocenters. The lowest BCUT2D eigenvalue weighted by Gasteiger charge is -2.05. The Labute approximate surface area is 149 Å². The minimum Gasteiger partial charge on any atom is -0.423 e. The van der Waals surface area contributed by atoms with Gasteiger partial charge in [0.15, 0.2) is 0 Å². The van der Waals surface area contributed by atoms with Crippen LogP contribution in [0.4, 0.5) is 0 Å². The number of ether oxygens (including phenoxy) is 1. The fraction of sp³-hybridized carbons (Fsp3) is 0.286. The number of allylic oxidation sites excluding steroid dienone is 3. The van der Waals surface area contributed by atoms with Crippen LogP contribution in [0.2, 0.25) is 0 Å². The Bertz CT molecular complexity index is 717. The molecule has 0 spiro atoms. The number of hydrogen-bond acceptors (Lipinski definition) is 4. The van der Waals surface area contributed by atoms with Crippen molar-refractivity contribution in [1.29, 1.82) is 0 Å². The van der Waals surface area contributed by atoms with E-state index in [0.717, 1.165) is 29.8 Å². The van der Waals surface area contributed by atoms with Crippen molar-refractivity contribution in [3.05, 3.63) is 66.8 Å². The van der Waals surface area contributed by atoms with Gasteiger partial charge in [-0.25, -0.2) is 14.8 Å². The highest BCUT2D eigenvalue weighted by atomic mass is 16.5. The van der Waals surface area contributed by atoms with Crippen LogP contribution in [-0.4, -0.2) is 15.9 Å². The summed E-state index contributed by atoms with van der Waals surface area (Å²) in [4.78, 5) is 20.5. The van der Waals surface area contributed by atoms with Gasteiger partial charge in [-0.05, 0) is 31.0 Å². The SMILES string of the molecule is CC=CC=CC(=O)Oc1ccc(-c2cnc(CCCCC)nc2)cc1. The van der Waals surface area contributed by atoms with Gasteiger partial charge in [-0.2, -0.15) is 0 Å². The Balaban J connectivity index is 1.96. The van der Waals surface area contributed by atoms with E-state index in [0.29, 0.717) is 5.75 Å². The van der Waals surface area contributed by atoms with Crippen LogP contribution in [0.15, 0.2) is 61.0 Å². The molecule has 4 nitrogen and oxygen atoms in total. The maximum atomic E-state index is 11.6. The van der Waals surface area contributed by atoms with Crippen LogP contribution in [0.3, 0.4) is 0 Å². The van der Waals surface area contributed by atoms with Crippen molar-refractivity contribution in [2.45, 2.75) is 39.5 Å². The van der Waals surface area contributed by atoms with Crippen molar-refractivity contribution < 1.29 is 9.53 Å². The molecule has 0 N–H and O–H groups in total. The number of hydrogen-bond donors (Lipinski definition) is 0. The highest BCUT2D eigenvalue weighted by Crippen LogP contribution is 2.21. The molecule has 0 aliphatic rings. The highest BCUT2D eigenvalue weighted by molar-refractivity contribution is 5.84. The fourth-order valence-electron chi connectivity index (χ4n) is 2.28. The summed E-state index contributed by atoms with van der Waals surface area (Å²) in [6.45, 7) is 4.07. The Morgan fingerprint density at radius 3 is 2.40 bits per heavy atom. The van der Waals surface area contributed by atoms with Gasteiger partial charge < -0.3 is 4.74 Å². The summed E-state index contributed by atoms with van der Waals surface area (Å²) in [5.74, 6) is 0.997. The van der Waals surface area contributed by atoms with Crippen LogP contribution in [0.5, 0.6) is 5.75 Å². The van der Waals surface area contributed by atoms with Crippen molar-refractivity contribution in [3.63, 3.8) is 0 Å². The summed E-state index contributed by atoms with van der Waals surface area (Å²) < 4.78 is 5.23. The molecule has 25 heavy (non-hydrogen) atoms. The molecule has 130 valence electrons. The second kappa shape index (κ2) is 10.2. The van der Waals surface area contributed by atoms with E-state index in [1.807, 2.05) is 37.5 Å². The maximum absolute atomic E-state index is 11.6. The monoisotopic (exact) mass is 336 g/mol. The summed E-state index contributed by atoms with van der Waals surface area (Å²) in [6.07, 6.45) is 14.8. The molecule has 0 radical (unpaired) electrons. The van der Waals surface area contributed by atoms with Crippen molar-refractivity contribution in [3.8, 4) is 16.9 Å². The first-order valence-electron chi connectivity index (χ1n) is 8.65. The number of rotatable bonds is 8. The Kier molecular flexibility index (Phi) is 7.57. The molecule has 1 aromatic carbocycles. The standard InChI is InChI=1S/C21H24N2O2/c1-3-5-7-9-20-22-15-18(16-23-20)17-11-13-19(14-12-17)25-21(24)10-8-6-4-2/h4,6,8,10-16H,3,5,7,9H2,1-2H3. The average Bonchev–Trinajstić information content (AvgIpc) is 2.63. The van der Waals surface area contributed by atoms with Gasteiger partial charge in [-0.3, -0.25) is 0 Å². The fourth-order valence-corrected chi connectivity index (χ4v) is 2.28. The predicted molar refractivity (Wildman–Crippen MR) is 100 cm³/mol. The summed E-state index contributed by atoms with van der Waals surface area (Å²) in [5.41, 5.74) is 1.94. The number of aryl methyl sites for hydroxylation is 1. The number of benzene rings is 1. The number of nitrogens with zero attached hydrogens (tertiary/aromatic N) is 2. The summed E-state index contributed by atoms with van der Waals surface area (Å²) in [6, 6.07) is 7.33. The molecule has 2 rings (SSSR count). The van der Waals surface area contributed by atoms with Gasteiger partial charge >= 0.3 is 5.97 Å². The summed E-state index contributed by atoms with van der Waals surface area (Å²) in [5, 5.41) is 0. The third-order valence-electron chi connectivity index (χ3n) is 3.65. The lowest BCUT2D eigenvalue weighted by molar-refractivity contribution is -0.128. The first kappa shape index (κ1) is 18.6. The second-order valence-corrected chi connectivity index (χ2v) is 5.68. The lowest BCUT2D eigenvalue weighted by atomic mass is 10.1. The van der Waals surface area contributed by atoms with E-state index in [4.69, 9.17) is 4.74 Å². The van der Waals surface area contributed by atoms with Gasteiger partial charge in [0, 0.05) is 30.5 Å². The molecular weight excluding hydrogens is 312 g/mol. The first-order valence-corrected chi connectivity index (χ1v) is 8.65. The van der Waals surface area contributed by atoms with Gasteiger partial charge in [0.05, 0.1) is 0 Å². The van der Waals surface area contributed by atoms with E-state index in [-0.39, 0.29) is 0 Å². The minimum atomic E-state index is -0.398. The number of carbonyl (C=O) groups is 1. The molecule has 0 saturated carbocycles. The van der Waals surface area contributed by atoms with Gasteiger partial charge in [0.1, 0.15) is 11.6 Å². The smallest absolute Gasteiger partial charge is 0.336 e. The topological polar surface area (TPSA) is 52.1 Å². The Morgan fingerprint density at radius 2 is 1.76 bits per heavy atom. The molecule has 0 unspecified atom stereocenters. The molecular formula is C21H24N2O2. The number of carbonyl (C=O) groups excluding carboxylic acids is 1. The van der Waals surface area contributed by atoms with Gasteiger partial charge in [-0.15, -0.1) is 0 Å². The average molecular weight is 336 g/mol. The zero-order valence-electron chi connectivity index (χ0n) is 14.8. The molecule has 0 fully saturated rings. The predicted octanol–water partition coefficient (Wildman–Crippen LogP) is 4.91. The third-order valence-corrected chi connectivity index (χ3v) is 3.65. The van der Waals surface area contributed by atoms with E-state index in [2.05, 4.69) is 16.9 Å². The molecule has 0 amide bonds. The molecule has 0 aliphatic carbocycles. The second-order valence-electron chi connectivity index (χ2n) is 5.68. The quantitative estimate of drug-likeness (QED) is 0.226. The van der Waals surface area contributed by atoms with Crippen LogP contribution in [0.1, 0.15) is 38.9 Å². The first-order chi connectivity index (χ1) is 12.2. The Morgan fingerprint density at radius 1 is 1.04 bits per heavy atom. The zero-order valence-corrected chi connectivity index (χ0v) is 14.8. The largest absolute Gasteiger partial charge is 0.423 e. The van der Waals surface area contributed by atoms with Crippen LogP contribution < -0.4 is 4.74 Å². The van der Waals surface area contributed by atoms with Crippen molar-refractivity contribution in [2.75, 3.05) is 0 Å². The molecule has 4 heteroatoms. The molecule has 1 aromatic heterocycles. The third kappa shape index (κ3) is 6.34. The highest BCUT2D eigenvalue weighted by Gasteiger charge is 2.03.